The molecule has 1 saturated carbocycles. The maximum Gasteiger partial charge on any atom is 0.170 e. The van der Waals surface area contributed by atoms with E-state index in [1.807, 2.05) is 0 Å². The van der Waals surface area contributed by atoms with Gasteiger partial charge in [-0.3, -0.25) is 4.79 Å². The molecule has 1 aliphatic carbocycles. The van der Waals surface area contributed by atoms with Gasteiger partial charge in [0.25, 0.3) is 0 Å². The zero-order chi connectivity index (χ0) is 9.42. The Balaban J connectivity index is 0.000000980. The quantitative estimate of drug-likeness (QED) is 0.403. The molecule has 0 bridgehead atoms. The minimum Gasteiger partial charge on any atom is -0.515 e. The van der Waals surface area contributed by atoms with Crippen LogP contribution in [-0.4, -0.2) is 22.6 Å². The number of rotatable bonds is 0. The first-order valence-electron chi connectivity index (χ1n) is 4.50. The van der Waals surface area contributed by atoms with Gasteiger partial charge >= 0.3 is 0 Å². The Labute approximate surface area is 97.6 Å². The number of nitrogens with zero attached hydrogens (tertiary/aromatic N) is 1. The van der Waals surface area contributed by atoms with E-state index in [1.165, 1.54) is 0 Å². The van der Waals surface area contributed by atoms with Gasteiger partial charge in [0.15, 0.2) is 5.78 Å². The van der Waals surface area contributed by atoms with Crippen LogP contribution in [0, 0.1) is 12.3 Å². The molecular formula is C10H12NO2W-. The molecule has 0 aromatic carbocycles. The maximum atomic E-state index is 11.7. The fraction of sp³-hybridized carbons (Fsp3) is 0.500. The summed E-state index contributed by atoms with van der Waals surface area (Å²) in [6, 6.07) is 0.0659. The molecule has 14 heavy (non-hydrogen) atoms. The average molecular weight is 362 g/mol. The second-order valence-corrected chi connectivity index (χ2v) is 3.53. The molecule has 2 atom stereocenters. The van der Waals surface area contributed by atoms with Crippen LogP contribution in [-0.2, 0) is 25.9 Å². The molecule has 2 rings (SSSR count). The third-order valence-electron chi connectivity index (χ3n) is 2.76. The average Bonchev–Trinajstić information content (AvgIpc) is 2.53. The second kappa shape index (κ2) is 4.39. The molecule has 0 aromatic heterocycles. The summed E-state index contributed by atoms with van der Waals surface area (Å²) in [5.74, 6) is 0.0378. The van der Waals surface area contributed by atoms with Crippen LogP contribution in [0.4, 0.5) is 0 Å². The van der Waals surface area contributed by atoms with E-state index in [9.17, 15) is 4.79 Å². The van der Waals surface area contributed by atoms with E-state index in [-0.39, 0.29) is 38.8 Å². The number of fused-ring (bicyclic) bond motifs is 1. The summed E-state index contributed by atoms with van der Waals surface area (Å²) in [5.41, 5.74) is 1.04. The second-order valence-electron chi connectivity index (χ2n) is 3.53. The fourth-order valence-corrected chi connectivity index (χ4v) is 2.04. The number of carbonyl (C=O) groups excluding carboxylic acids is 1. The van der Waals surface area contributed by atoms with Crippen molar-refractivity contribution in [1.82, 2.24) is 0 Å². The Bertz CT molecular complexity index is 309. The number of aliphatic hydroxyl groups is 1. The zero-order valence-electron chi connectivity index (χ0n) is 7.93. The van der Waals surface area contributed by atoms with Crippen LogP contribution in [0.2, 0.25) is 0 Å². The van der Waals surface area contributed by atoms with Gasteiger partial charge in [-0.1, -0.05) is 12.5 Å². The Kier molecular flexibility index (Phi) is 3.65. The fourth-order valence-electron chi connectivity index (χ4n) is 2.04. The largest absolute Gasteiger partial charge is 0.515 e. The molecule has 1 N–H and O–H groups in total. The summed E-state index contributed by atoms with van der Waals surface area (Å²) in [6.07, 6.45) is 4.80. The van der Waals surface area contributed by atoms with Crippen molar-refractivity contribution < 1.29 is 31.0 Å². The number of ketones is 1. The van der Waals surface area contributed by atoms with Crippen LogP contribution in [0.15, 0.2) is 16.8 Å². The molecule has 0 aromatic rings. The van der Waals surface area contributed by atoms with Crippen molar-refractivity contribution >= 4 is 11.5 Å². The van der Waals surface area contributed by atoms with Gasteiger partial charge in [0.05, 0.1) is 11.8 Å². The third kappa shape index (κ3) is 1.70. The summed E-state index contributed by atoms with van der Waals surface area (Å²) in [4.78, 5) is 16.1. The molecule has 1 fully saturated rings. The minimum absolute atomic E-state index is 0. The van der Waals surface area contributed by atoms with E-state index in [0.717, 1.165) is 19.1 Å². The summed E-state index contributed by atoms with van der Waals surface area (Å²) < 4.78 is 0. The summed E-state index contributed by atoms with van der Waals surface area (Å²) in [7, 11) is 0. The van der Waals surface area contributed by atoms with Crippen molar-refractivity contribution in [1.29, 1.82) is 0 Å². The van der Waals surface area contributed by atoms with Crippen LogP contribution in [0.25, 0.3) is 0 Å². The number of aliphatic imine (C=N–C) groups is 1. The predicted molar refractivity (Wildman–Crippen MR) is 49.6 cm³/mol. The van der Waals surface area contributed by atoms with Gasteiger partial charge in [-0.25, -0.2) is 0 Å². The van der Waals surface area contributed by atoms with Gasteiger partial charge in [0, 0.05) is 32.7 Å². The summed E-state index contributed by atoms with van der Waals surface area (Å²) in [6.45, 7) is 1.77. The summed E-state index contributed by atoms with van der Waals surface area (Å²) in [5, 5.41) is 8.88. The van der Waals surface area contributed by atoms with Crippen molar-refractivity contribution in [2.24, 2.45) is 10.9 Å². The Hall–Kier alpha value is -0.432. The van der Waals surface area contributed by atoms with E-state index in [0.29, 0.717) is 11.3 Å². The Morgan fingerprint density at radius 2 is 2.36 bits per heavy atom. The molecular weight excluding hydrogens is 350 g/mol. The predicted octanol–water partition coefficient (Wildman–Crippen LogP) is 1.45. The van der Waals surface area contributed by atoms with E-state index < -0.39 is 0 Å². The SMILES string of the molecule is CC1=NC2[CH-]CCC2C(=O)/C1=C\O.[W]. The van der Waals surface area contributed by atoms with Crippen LogP contribution in [0.3, 0.4) is 0 Å². The number of aliphatic hydroxyl groups excluding tert-OH is 1. The molecule has 4 heteroatoms. The van der Waals surface area contributed by atoms with Gasteiger partial charge in [0.2, 0.25) is 0 Å². The van der Waals surface area contributed by atoms with Crippen molar-refractivity contribution in [2.45, 2.75) is 25.8 Å². The Morgan fingerprint density at radius 1 is 1.64 bits per heavy atom. The first-order chi connectivity index (χ1) is 6.24. The number of hydrogen-bond donors (Lipinski definition) is 1. The molecule has 3 nitrogen and oxygen atoms in total. The minimum atomic E-state index is -0.0119. The maximum absolute atomic E-state index is 11.7. The zero-order valence-corrected chi connectivity index (χ0v) is 10.9. The smallest absolute Gasteiger partial charge is 0.170 e. The van der Waals surface area contributed by atoms with Crippen molar-refractivity contribution in [2.75, 3.05) is 0 Å². The van der Waals surface area contributed by atoms with E-state index in [4.69, 9.17) is 5.11 Å². The monoisotopic (exact) mass is 362 g/mol. The molecule has 0 spiro atoms. The molecule has 1 heterocycles. The standard InChI is InChI=1S/C10H12NO2.W/c1-6-8(5-12)10(13)7-3-2-4-9(7)11-6;/h4-5,7,9,12H,2-3H2,1H3;/q-1;/b8-5-;. The number of carbonyl (C=O) groups is 1. The molecule has 76 valence electrons. The van der Waals surface area contributed by atoms with Crippen LogP contribution in [0.1, 0.15) is 19.8 Å². The first kappa shape index (κ1) is 11.6. The Morgan fingerprint density at radius 3 is 3.00 bits per heavy atom. The van der Waals surface area contributed by atoms with Crippen LogP contribution < -0.4 is 0 Å². The number of hydrogen-bond acceptors (Lipinski definition) is 3. The molecule has 1 aliphatic heterocycles. The molecule has 0 radical (unpaired) electrons. The van der Waals surface area contributed by atoms with Gasteiger partial charge < -0.3 is 16.5 Å². The third-order valence-corrected chi connectivity index (χ3v) is 2.76. The van der Waals surface area contributed by atoms with E-state index in [2.05, 4.69) is 11.4 Å². The summed E-state index contributed by atoms with van der Waals surface area (Å²) >= 11 is 0. The number of allylic oxidation sites excluding steroid dienone is 1. The topological polar surface area (TPSA) is 49.7 Å². The van der Waals surface area contributed by atoms with Gasteiger partial charge in [-0.2, -0.15) is 6.42 Å². The molecule has 2 unspecified atom stereocenters. The van der Waals surface area contributed by atoms with E-state index in [1.54, 1.807) is 6.92 Å². The van der Waals surface area contributed by atoms with Crippen molar-refractivity contribution in [3.05, 3.63) is 18.3 Å². The van der Waals surface area contributed by atoms with Gasteiger partial charge in [0.1, 0.15) is 0 Å². The van der Waals surface area contributed by atoms with Crippen molar-refractivity contribution in [3.8, 4) is 0 Å². The van der Waals surface area contributed by atoms with Gasteiger partial charge in [-0.15, -0.1) is 0 Å². The molecule has 0 amide bonds. The van der Waals surface area contributed by atoms with E-state index >= 15 is 0 Å². The van der Waals surface area contributed by atoms with Crippen LogP contribution >= 0.6 is 0 Å². The normalized spacial score (nSPS) is 33.6. The molecule has 2 aliphatic rings. The molecule has 0 saturated heterocycles. The van der Waals surface area contributed by atoms with Gasteiger partial charge in [-0.05, 0) is 6.92 Å². The van der Waals surface area contributed by atoms with Crippen molar-refractivity contribution in [3.63, 3.8) is 0 Å². The van der Waals surface area contributed by atoms with Crippen LogP contribution in [0.5, 0.6) is 0 Å². The first-order valence-corrected chi connectivity index (χ1v) is 4.50. The number of Topliss-reactive ketones (excluding diaryl/α,β-unsaturated/α-hetero) is 1.